The van der Waals surface area contributed by atoms with Crippen molar-refractivity contribution in [1.29, 1.82) is 0 Å². The van der Waals surface area contributed by atoms with Crippen molar-refractivity contribution in [2.24, 2.45) is 5.41 Å². The Morgan fingerprint density at radius 1 is 1.18 bits per heavy atom. The molecule has 0 saturated heterocycles. The summed E-state index contributed by atoms with van der Waals surface area (Å²) in [6, 6.07) is 0. The number of halogens is 1. The fourth-order valence-electron chi connectivity index (χ4n) is 3.08. The maximum absolute atomic E-state index is 11.3. The number of hydrogen-bond donors (Lipinski definition) is 1. The van der Waals surface area contributed by atoms with Crippen LogP contribution in [0.15, 0.2) is 0 Å². The van der Waals surface area contributed by atoms with Crippen LogP contribution < -0.4 is 15.5 Å². The minimum Gasteiger partial charge on any atom is -0.465 e. The fraction of sp³-hybridized carbons (Fsp3) is 0.647. The highest BCUT2D eigenvalue weighted by Crippen LogP contribution is 2.39. The molecule has 2 N–H and O–H groups in total. The minimum atomic E-state index is -0.699. The van der Waals surface area contributed by atoms with E-state index in [-0.39, 0.29) is 30.9 Å². The number of anilines is 3. The predicted octanol–water partition coefficient (Wildman–Crippen LogP) is 1.07. The molecule has 1 aromatic heterocycles. The van der Waals surface area contributed by atoms with Crippen LogP contribution in [0.1, 0.15) is 20.3 Å². The smallest absolute Gasteiger partial charge is 0.302 e. The Morgan fingerprint density at radius 2 is 1.79 bits per heavy atom. The molecule has 0 radical (unpaired) electrons. The van der Waals surface area contributed by atoms with Gasteiger partial charge in [0.05, 0.1) is 18.7 Å². The zero-order valence-corrected chi connectivity index (χ0v) is 17.3. The summed E-state index contributed by atoms with van der Waals surface area (Å²) in [7, 11) is 3.42. The number of esters is 2. The van der Waals surface area contributed by atoms with E-state index in [9.17, 15) is 9.59 Å². The lowest BCUT2D eigenvalue weighted by Gasteiger charge is -2.33. The first kappa shape index (κ1) is 22.0. The van der Waals surface area contributed by atoms with E-state index in [2.05, 4.69) is 9.97 Å². The van der Waals surface area contributed by atoms with Gasteiger partial charge in [0.15, 0.2) is 11.0 Å². The molecule has 0 amide bonds. The number of ether oxygens (including phenoxy) is 3. The molecule has 156 valence electrons. The van der Waals surface area contributed by atoms with Crippen molar-refractivity contribution in [3.63, 3.8) is 0 Å². The molecule has 0 aliphatic carbocycles. The van der Waals surface area contributed by atoms with Crippen molar-refractivity contribution in [3.8, 4) is 0 Å². The van der Waals surface area contributed by atoms with E-state index < -0.39 is 17.4 Å². The van der Waals surface area contributed by atoms with Crippen LogP contribution >= 0.6 is 11.6 Å². The minimum absolute atomic E-state index is 0.0622. The van der Waals surface area contributed by atoms with E-state index in [1.54, 1.807) is 7.11 Å². The first-order chi connectivity index (χ1) is 13.2. The van der Waals surface area contributed by atoms with Crippen LogP contribution in [-0.2, 0) is 23.8 Å². The third-order valence-electron chi connectivity index (χ3n) is 4.43. The number of carbonyl (C=O) groups excluding carboxylic acids is 2. The second-order valence-electron chi connectivity index (χ2n) is 6.89. The van der Waals surface area contributed by atoms with Gasteiger partial charge in [0.25, 0.3) is 0 Å². The van der Waals surface area contributed by atoms with Crippen LogP contribution in [0.5, 0.6) is 0 Å². The first-order valence-electron chi connectivity index (χ1n) is 8.72. The number of fused-ring (bicyclic) bond motifs is 1. The Kier molecular flexibility index (Phi) is 7.25. The molecule has 0 saturated carbocycles. The van der Waals surface area contributed by atoms with Crippen molar-refractivity contribution in [3.05, 3.63) is 5.15 Å². The highest BCUT2D eigenvalue weighted by molar-refractivity contribution is 6.33. The molecule has 0 fully saturated rings. The van der Waals surface area contributed by atoms with Gasteiger partial charge in [-0.1, -0.05) is 11.6 Å². The number of nitrogens with two attached hydrogens (primary N) is 1. The Bertz CT molecular complexity index is 714. The van der Waals surface area contributed by atoms with Crippen molar-refractivity contribution in [2.45, 2.75) is 20.3 Å². The maximum atomic E-state index is 11.3. The summed E-state index contributed by atoms with van der Waals surface area (Å²) in [6.07, 6.45) is 0.510. The summed E-state index contributed by atoms with van der Waals surface area (Å²) in [5.74, 6) is -0.109. The van der Waals surface area contributed by atoms with Gasteiger partial charge in [0, 0.05) is 34.5 Å². The lowest BCUT2D eigenvalue weighted by molar-refractivity contribution is -0.154. The van der Waals surface area contributed by atoms with Gasteiger partial charge in [-0.15, -0.1) is 0 Å². The van der Waals surface area contributed by atoms with E-state index in [0.717, 1.165) is 0 Å². The van der Waals surface area contributed by atoms with Gasteiger partial charge in [0.1, 0.15) is 18.9 Å². The van der Waals surface area contributed by atoms with Gasteiger partial charge in [0.2, 0.25) is 5.95 Å². The van der Waals surface area contributed by atoms with Gasteiger partial charge < -0.3 is 29.7 Å². The van der Waals surface area contributed by atoms with Crippen molar-refractivity contribution in [2.75, 3.05) is 62.7 Å². The van der Waals surface area contributed by atoms with Crippen LogP contribution in [0.4, 0.5) is 17.5 Å². The Labute approximate surface area is 168 Å². The van der Waals surface area contributed by atoms with E-state index >= 15 is 0 Å². The average Bonchev–Trinajstić information content (AvgIpc) is 2.92. The second-order valence-corrected chi connectivity index (χ2v) is 7.25. The van der Waals surface area contributed by atoms with E-state index in [4.69, 9.17) is 31.5 Å². The van der Waals surface area contributed by atoms with Gasteiger partial charge in [-0.2, -0.15) is 9.97 Å². The third kappa shape index (κ3) is 5.35. The molecule has 11 heteroatoms. The molecular weight excluding hydrogens is 390 g/mol. The van der Waals surface area contributed by atoms with Gasteiger partial charge in [-0.05, 0) is 6.42 Å². The third-order valence-corrected chi connectivity index (χ3v) is 4.69. The molecule has 1 aromatic rings. The summed E-state index contributed by atoms with van der Waals surface area (Å²) in [5.41, 5.74) is 5.75. The highest BCUT2D eigenvalue weighted by Gasteiger charge is 2.36. The number of nitrogen functional groups attached to an aromatic ring is 1. The zero-order valence-electron chi connectivity index (χ0n) is 16.5. The van der Waals surface area contributed by atoms with Crippen LogP contribution in [0.25, 0.3) is 0 Å². The molecule has 0 atom stereocenters. The summed E-state index contributed by atoms with van der Waals surface area (Å²) < 4.78 is 15.8. The van der Waals surface area contributed by atoms with Crippen molar-refractivity contribution >= 4 is 41.0 Å². The van der Waals surface area contributed by atoms with Crippen LogP contribution in [0.2, 0.25) is 5.15 Å². The molecule has 1 aliphatic rings. The summed E-state index contributed by atoms with van der Waals surface area (Å²) in [5, 5.41) is 0.287. The number of aromatic nitrogens is 2. The van der Waals surface area contributed by atoms with Crippen LogP contribution in [0.3, 0.4) is 0 Å². The monoisotopic (exact) mass is 415 g/mol. The van der Waals surface area contributed by atoms with E-state index in [1.807, 2.05) is 16.8 Å². The number of hydrogen-bond acceptors (Lipinski definition) is 10. The molecular formula is C17H26ClN5O5. The summed E-state index contributed by atoms with van der Waals surface area (Å²) in [4.78, 5) is 34.9. The Balaban J connectivity index is 2.20. The Hall–Kier alpha value is -2.33. The average molecular weight is 416 g/mol. The molecule has 10 nitrogen and oxygen atoms in total. The van der Waals surface area contributed by atoms with Crippen molar-refractivity contribution in [1.82, 2.24) is 9.97 Å². The SMILES string of the molecule is COCC(CCN1CN(C)c2c(Cl)nc(N)nc21)(COC(C)=O)COC(C)=O. The van der Waals surface area contributed by atoms with Crippen LogP contribution in [-0.4, -0.2) is 69.1 Å². The lowest BCUT2D eigenvalue weighted by Crippen LogP contribution is -2.42. The molecule has 2 heterocycles. The van der Waals surface area contributed by atoms with Gasteiger partial charge >= 0.3 is 11.9 Å². The largest absolute Gasteiger partial charge is 0.465 e. The van der Waals surface area contributed by atoms with Gasteiger partial charge in [-0.3, -0.25) is 9.59 Å². The Morgan fingerprint density at radius 3 is 2.32 bits per heavy atom. The zero-order chi connectivity index (χ0) is 20.9. The molecule has 1 aliphatic heterocycles. The second kappa shape index (κ2) is 9.24. The summed E-state index contributed by atoms with van der Waals surface area (Å²) in [6.45, 7) is 4.09. The summed E-state index contributed by atoms with van der Waals surface area (Å²) >= 11 is 6.21. The molecule has 0 spiro atoms. The lowest BCUT2D eigenvalue weighted by atomic mass is 9.86. The van der Waals surface area contributed by atoms with E-state index in [1.165, 1.54) is 13.8 Å². The van der Waals surface area contributed by atoms with Gasteiger partial charge in [-0.25, -0.2) is 0 Å². The predicted molar refractivity (Wildman–Crippen MR) is 104 cm³/mol. The molecule has 0 bridgehead atoms. The number of carbonyl (C=O) groups is 2. The number of methoxy groups -OCH3 is 1. The normalized spacial score (nSPS) is 13.5. The highest BCUT2D eigenvalue weighted by atomic mass is 35.5. The van der Waals surface area contributed by atoms with E-state index in [0.29, 0.717) is 31.1 Å². The standard InChI is InChI=1S/C17H26ClN5O5/c1-11(24)27-8-17(7-26-4,9-28-12(2)25)5-6-23-10-22(3)13-14(18)20-16(19)21-15(13)23/h5-10H2,1-4H3,(H2,19,20,21). The molecule has 2 rings (SSSR count). The topological polar surface area (TPSA) is 120 Å². The number of rotatable bonds is 9. The van der Waals surface area contributed by atoms with Crippen LogP contribution in [0, 0.1) is 5.41 Å². The quantitative estimate of drug-likeness (QED) is 0.463. The fourth-order valence-corrected chi connectivity index (χ4v) is 3.40. The molecule has 0 unspecified atom stereocenters. The maximum Gasteiger partial charge on any atom is 0.302 e. The molecule has 28 heavy (non-hydrogen) atoms. The van der Waals surface area contributed by atoms with Crippen molar-refractivity contribution < 1.29 is 23.8 Å². The first-order valence-corrected chi connectivity index (χ1v) is 9.10. The molecule has 0 aromatic carbocycles. The number of nitrogens with zero attached hydrogens (tertiary/aromatic N) is 4.